The Morgan fingerprint density at radius 3 is 2.70 bits per heavy atom. The number of urea groups is 1. The van der Waals surface area contributed by atoms with E-state index in [9.17, 15) is 9.18 Å². The van der Waals surface area contributed by atoms with E-state index in [1.54, 1.807) is 36.2 Å². The van der Waals surface area contributed by atoms with Crippen molar-refractivity contribution in [1.29, 1.82) is 0 Å². The van der Waals surface area contributed by atoms with Gasteiger partial charge in [0.15, 0.2) is 5.13 Å². The number of benzene rings is 2. The van der Waals surface area contributed by atoms with E-state index in [1.165, 1.54) is 17.4 Å². The summed E-state index contributed by atoms with van der Waals surface area (Å²) in [6.45, 7) is 0.414. The minimum absolute atomic E-state index is 0.330. The Balaban J connectivity index is 1.47. The first-order valence-electron chi connectivity index (χ1n) is 9.05. The molecule has 0 bridgehead atoms. The number of hydrogen-bond acceptors (Lipinski definition) is 5. The minimum Gasteiger partial charge on any atom is -0.334 e. The second-order valence-corrected chi connectivity index (χ2v) is 7.87. The molecule has 152 valence electrons. The molecule has 30 heavy (non-hydrogen) atoms. The summed E-state index contributed by atoms with van der Waals surface area (Å²) >= 11 is 7.07. The number of halogens is 2. The van der Waals surface area contributed by atoms with Crippen LogP contribution in [0.3, 0.4) is 0 Å². The first-order chi connectivity index (χ1) is 14.5. The Kier molecular flexibility index (Phi) is 5.78. The van der Waals surface area contributed by atoms with Crippen LogP contribution in [0.25, 0.3) is 10.3 Å². The van der Waals surface area contributed by atoms with Crippen LogP contribution in [0, 0.1) is 5.82 Å². The summed E-state index contributed by atoms with van der Waals surface area (Å²) in [6.07, 6.45) is 0. The molecule has 0 unspecified atom stereocenters. The highest BCUT2D eigenvalue weighted by atomic mass is 35.5. The molecule has 0 aliphatic heterocycles. The zero-order chi connectivity index (χ0) is 21.1. The van der Waals surface area contributed by atoms with E-state index in [4.69, 9.17) is 11.6 Å². The first-order valence-corrected chi connectivity index (χ1v) is 10.2. The van der Waals surface area contributed by atoms with Gasteiger partial charge in [0, 0.05) is 18.6 Å². The number of hydrogen-bond donors (Lipinski definition) is 2. The Bertz CT molecular complexity index is 1200. The van der Waals surface area contributed by atoms with Crippen LogP contribution in [0.5, 0.6) is 0 Å². The number of nitrogens with zero attached hydrogens (tertiary/aromatic N) is 3. The lowest BCUT2D eigenvalue weighted by Crippen LogP contribution is -2.28. The van der Waals surface area contributed by atoms with E-state index >= 15 is 0 Å². The molecular formula is C21H17ClFN5OS. The van der Waals surface area contributed by atoms with Crippen LogP contribution in [0.4, 0.5) is 25.8 Å². The molecule has 9 heteroatoms. The highest BCUT2D eigenvalue weighted by molar-refractivity contribution is 7.22. The fourth-order valence-electron chi connectivity index (χ4n) is 2.84. The van der Waals surface area contributed by atoms with E-state index in [0.717, 1.165) is 5.56 Å². The average molecular weight is 442 g/mol. The summed E-state index contributed by atoms with van der Waals surface area (Å²) in [6, 6.07) is 17.3. The Morgan fingerprint density at radius 1 is 1.13 bits per heavy atom. The monoisotopic (exact) mass is 441 g/mol. The number of carbonyl (C=O) groups is 1. The molecule has 2 N–H and O–H groups in total. The molecule has 4 aromatic rings. The predicted molar refractivity (Wildman–Crippen MR) is 119 cm³/mol. The van der Waals surface area contributed by atoms with E-state index in [0.29, 0.717) is 38.6 Å². The maximum absolute atomic E-state index is 14.2. The van der Waals surface area contributed by atoms with Crippen LogP contribution < -0.4 is 15.5 Å². The second kappa shape index (κ2) is 8.64. The number of aromatic nitrogens is 2. The average Bonchev–Trinajstić information content (AvgIpc) is 3.14. The van der Waals surface area contributed by atoms with Crippen LogP contribution in [0.15, 0.2) is 60.7 Å². The topological polar surface area (TPSA) is 70.2 Å². The van der Waals surface area contributed by atoms with Gasteiger partial charge < -0.3 is 10.2 Å². The maximum Gasteiger partial charge on any atom is 0.321 e. The smallest absolute Gasteiger partial charge is 0.321 e. The van der Waals surface area contributed by atoms with Crippen molar-refractivity contribution in [2.75, 3.05) is 17.3 Å². The largest absolute Gasteiger partial charge is 0.334 e. The number of carbonyl (C=O) groups excluding carboxylic acids is 1. The van der Waals surface area contributed by atoms with Crippen molar-refractivity contribution >= 4 is 56.0 Å². The van der Waals surface area contributed by atoms with Gasteiger partial charge in [0.1, 0.15) is 22.0 Å². The molecule has 0 radical (unpaired) electrons. The van der Waals surface area contributed by atoms with Gasteiger partial charge in [-0.1, -0.05) is 53.3 Å². The number of nitrogens with one attached hydrogen (secondary N) is 2. The van der Waals surface area contributed by atoms with Gasteiger partial charge in [0.05, 0.1) is 5.69 Å². The third-order valence-corrected chi connectivity index (χ3v) is 5.49. The van der Waals surface area contributed by atoms with E-state index in [1.807, 2.05) is 30.3 Å². The highest BCUT2D eigenvalue weighted by Gasteiger charge is 2.14. The molecule has 0 spiro atoms. The summed E-state index contributed by atoms with van der Waals surface area (Å²) in [7, 11) is 1.72. The molecule has 6 nitrogen and oxygen atoms in total. The van der Waals surface area contributed by atoms with Crippen LogP contribution in [0.1, 0.15) is 5.56 Å². The lowest BCUT2D eigenvalue weighted by molar-refractivity contribution is 0.251. The van der Waals surface area contributed by atoms with Gasteiger partial charge in [-0.15, -0.1) is 0 Å². The molecular weight excluding hydrogens is 425 g/mol. The second-order valence-electron chi connectivity index (χ2n) is 6.46. The van der Waals surface area contributed by atoms with Gasteiger partial charge in [-0.2, -0.15) is 0 Å². The molecule has 2 aromatic carbocycles. The maximum atomic E-state index is 14.2. The standard InChI is InChI=1S/C21H17ClFN5OS/c1-28(17-9-7-14(22)11-15(17)23)18-10-8-16-19(26-18)30-21(25-16)27-20(29)24-12-13-5-3-2-4-6-13/h2-11H,12H2,1H3,(H2,24,25,27,29). The summed E-state index contributed by atoms with van der Waals surface area (Å²) in [5.41, 5.74) is 2.00. The van der Waals surface area contributed by atoms with E-state index < -0.39 is 5.82 Å². The summed E-state index contributed by atoms with van der Waals surface area (Å²) in [5, 5.41) is 6.28. The third kappa shape index (κ3) is 4.50. The molecule has 0 saturated heterocycles. The lowest BCUT2D eigenvalue weighted by atomic mass is 10.2. The SMILES string of the molecule is CN(c1ccc2nc(NC(=O)NCc3ccccc3)sc2n1)c1ccc(Cl)cc1F. The number of pyridine rings is 1. The van der Waals surface area contributed by atoms with Crippen molar-refractivity contribution in [3.63, 3.8) is 0 Å². The Hall–Kier alpha value is -3.23. The lowest BCUT2D eigenvalue weighted by Gasteiger charge is -2.18. The first kappa shape index (κ1) is 20.1. The fraction of sp³-hybridized carbons (Fsp3) is 0.0952. The molecule has 4 rings (SSSR count). The number of fused-ring (bicyclic) bond motifs is 1. The summed E-state index contributed by atoms with van der Waals surface area (Å²) in [4.78, 5) is 23.3. The molecule has 0 fully saturated rings. The molecule has 0 aliphatic rings. The third-order valence-electron chi connectivity index (χ3n) is 4.37. The van der Waals surface area contributed by atoms with Crippen LogP contribution in [0.2, 0.25) is 5.02 Å². The molecule has 2 amide bonds. The summed E-state index contributed by atoms with van der Waals surface area (Å²) in [5.74, 6) is 0.112. The van der Waals surface area contributed by atoms with Crippen molar-refractivity contribution in [3.05, 3.63) is 77.1 Å². The Labute approximate surface area is 181 Å². The Morgan fingerprint density at radius 2 is 1.93 bits per heavy atom. The van der Waals surface area contributed by atoms with E-state index in [2.05, 4.69) is 20.6 Å². The van der Waals surface area contributed by atoms with Crippen LogP contribution in [-0.4, -0.2) is 23.0 Å². The summed E-state index contributed by atoms with van der Waals surface area (Å²) < 4.78 is 14.2. The fourth-order valence-corrected chi connectivity index (χ4v) is 3.83. The van der Waals surface area contributed by atoms with Gasteiger partial charge in [-0.05, 0) is 35.9 Å². The zero-order valence-electron chi connectivity index (χ0n) is 15.9. The number of anilines is 3. The zero-order valence-corrected chi connectivity index (χ0v) is 17.5. The van der Waals surface area contributed by atoms with Gasteiger partial charge in [0.25, 0.3) is 0 Å². The van der Waals surface area contributed by atoms with Gasteiger partial charge >= 0.3 is 6.03 Å². The highest BCUT2D eigenvalue weighted by Crippen LogP contribution is 2.30. The minimum atomic E-state index is -0.436. The molecule has 0 saturated carbocycles. The molecule has 0 atom stereocenters. The molecule has 2 aromatic heterocycles. The normalized spacial score (nSPS) is 10.8. The van der Waals surface area contributed by atoms with Crippen LogP contribution >= 0.6 is 22.9 Å². The van der Waals surface area contributed by atoms with Crippen molar-refractivity contribution in [2.24, 2.45) is 0 Å². The number of rotatable bonds is 5. The quantitative estimate of drug-likeness (QED) is 0.424. The molecule has 0 aliphatic carbocycles. The van der Waals surface area contributed by atoms with E-state index in [-0.39, 0.29) is 6.03 Å². The van der Waals surface area contributed by atoms with Crippen molar-refractivity contribution in [1.82, 2.24) is 15.3 Å². The van der Waals surface area contributed by atoms with Crippen LogP contribution in [-0.2, 0) is 6.54 Å². The number of amides is 2. The van der Waals surface area contributed by atoms with Gasteiger partial charge in [-0.3, -0.25) is 5.32 Å². The van der Waals surface area contributed by atoms with Crippen molar-refractivity contribution in [2.45, 2.75) is 6.54 Å². The van der Waals surface area contributed by atoms with Crippen molar-refractivity contribution in [3.8, 4) is 0 Å². The number of thiazole rings is 1. The van der Waals surface area contributed by atoms with Gasteiger partial charge in [0.2, 0.25) is 0 Å². The predicted octanol–water partition coefficient (Wildman–Crippen LogP) is 5.57. The van der Waals surface area contributed by atoms with Gasteiger partial charge in [-0.25, -0.2) is 19.2 Å². The molecule has 2 heterocycles. The van der Waals surface area contributed by atoms with Crippen molar-refractivity contribution < 1.29 is 9.18 Å².